The van der Waals surface area contributed by atoms with Gasteiger partial charge in [0.1, 0.15) is 0 Å². The first-order valence-electron chi connectivity index (χ1n) is 6.27. The quantitative estimate of drug-likeness (QED) is 0.328. The maximum Gasteiger partial charge on any atom is 0.336 e. The fraction of sp³-hybridized carbons (Fsp3) is 0.308. The van der Waals surface area contributed by atoms with E-state index in [1.54, 1.807) is 18.2 Å². The number of carboxylic acid groups (broad SMARTS) is 1. The minimum atomic E-state index is -1.03. The molecule has 0 saturated heterocycles. The Labute approximate surface area is 139 Å². The molecule has 8 heteroatoms. The molecular weight excluding hydrogens is 387 g/mol. The third-order valence-electron chi connectivity index (χ3n) is 2.79. The van der Waals surface area contributed by atoms with E-state index in [1.165, 1.54) is 6.07 Å². The number of aromatic carboxylic acids is 1. The Bertz CT molecular complexity index is 560. The summed E-state index contributed by atoms with van der Waals surface area (Å²) in [6, 6.07) is 6.57. The number of guanidine groups is 1. The Hall–Kier alpha value is -1.68. The first kappa shape index (κ1) is 17.4. The largest absolute Gasteiger partial charge is 0.478 e. The van der Waals surface area contributed by atoms with Crippen LogP contribution in [0.15, 0.2) is 34.4 Å². The zero-order valence-corrected chi connectivity index (χ0v) is 13.6. The van der Waals surface area contributed by atoms with E-state index in [4.69, 9.17) is 5.11 Å². The van der Waals surface area contributed by atoms with Gasteiger partial charge in [-0.15, -0.1) is 24.0 Å². The van der Waals surface area contributed by atoms with Crippen molar-refractivity contribution in [1.82, 2.24) is 10.7 Å². The van der Waals surface area contributed by atoms with Gasteiger partial charge in [-0.1, -0.05) is 18.2 Å². The summed E-state index contributed by atoms with van der Waals surface area (Å²) in [6.07, 6.45) is 0.255. The summed E-state index contributed by atoms with van der Waals surface area (Å²) >= 11 is 0. The standard InChI is InChI=1S/C13H16N4O3.HI/c18-8-5-11(16-17-13-14-6-7-15-13)9-3-1-2-4-10(9)12(19)20;/h1-4,18H,5-8H2,(H,19,20)(H2,14,15,17);1H. The van der Waals surface area contributed by atoms with Crippen LogP contribution in [0.2, 0.25) is 0 Å². The lowest BCUT2D eigenvalue weighted by Gasteiger charge is -2.09. The van der Waals surface area contributed by atoms with Crippen LogP contribution in [0, 0.1) is 0 Å². The van der Waals surface area contributed by atoms with E-state index in [0.717, 1.165) is 6.54 Å². The van der Waals surface area contributed by atoms with Crippen molar-refractivity contribution in [3.63, 3.8) is 0 Å². The Balaban J connectivity index is 0.00000220. The van der Waals surface area contributed by atoms with Gasteiger partial charge in [-0.25, -0.2) is 15.2 Å². The number of aliphatic imine (C=N–C) groups is 1. The number of carboxylic acids is 1. The minimum Gasteiger partial charge on any atom is -0.478 e. The van der Waals surface area contributed by atoms with Crippen LogP contribution >= 0.6 is 24.0 Å². The summed E-state index contributed by atoms with van der Waals surface area (Å²) in [5.41, 5.74) is 3.87. The lowest BCUT2D eigenvalue weighted by Crippen LogP contribution is -2.31. The molecule has 0 aromatic heterocycles. The molecule has 0 spiro atoms. The molecule has 1 aliphatic heterocycles. The molecule has 1 aliphatic rings. The molecule has 0 amide bonds. The number of nitrogens with one attached hydrogen (secondary N) is 2. The number of halogens is 1. The molecule has 0 bridgehead atoms. The smallest absolute Gasteiger partial charge is 0.336 e. The molecule has 0 saturated carbocycles. The Morgan fingerprint density at radius 2 is 2.10 bits per heavy atom. The van der Waals surface area contributed by atoms with E-state index in [-0.39, 0.29) is 42.6 Å². The van der Waals surface area contributed by atoms with Crippen LogP contribution < -0.4 is 10.7 Å². The van der Waals surface area contributed by atoms with E-state index in [1.807, 2.05) is 0 Å². The second-order valence-electron chi connectivity index (χ2n) is 4.15. The van der Waals surface area contributed by atoms with Gasteiger partial charge < -0.3 is 15.5 Å². The third kappa shape index (κ3) is 4.67. The summed E-state index contributed by atoms with van der Waals surface area (Å²) in [4.78, 5) is 15.3. The van der Waals surface area contributed by atoms with Gasteiger partial charge in [-0.3, -0.25) is 0 Å². The number of hydrogen-bond donors (Lipinski definition) is 4. The first-order valence-corrected chi connectivity index (χ1v) is 6.27. The van der Waals surface area contributed by atoms with Crippen molar-refractivity contribution >= 4 is 41.6 Å². The molecule has 7 nitrogen and oxygen atoms in total. The van der Waals surface area contributed by atoms with Crippen molar-refractivity contribution in [2.24, 2.45) is 10.1 Å². The summed E-state index contributed by atoms with van der Waals surface area (Å²) in [5.74, 6) is -0.476. The van der Waals surface area contributed by atoms with Crippen LogP contribution in [0.5, 0.6) is 0 Å². The van der Waals surface area contributed by atoms with Gasteiger partial charge in [-0.2, -0.15) is 5.10 Å². The molecule has 0 atom stereocenters. The highest BCUT2D eigenvalue weighted by Crippen LogP contribution is 2.12. The summed E-state index contributed by atoms with van der Waals surface area (Å²) in [7, 11) is 0. The van der Waals surface area contributed by atoms with Gasteiger partial charge in [0, 0.05) is 25.1 Å². The molecule has 1 aromatic carbocycles. The van der Waals surface area contributed by atoms with Crippen LogP contribution in [-0.2, 0) is 0 Å². The molecule has 1 aromatic rings. The zero-order chi connectivity index (χ0) is 14.4. The molecule has 21 heavy (non-hydrogen) atoms. The van der Waals surface area contributed by atoms with Crippen LogP contribution in [0.3, 0.4) is 0 Å². The third-order valence-corrected chi connectivity index (χ3v) is 2.79. The van der Waals surface area contributed by atoms with Crippen molar-refractivity contribution in [2.75, 3.05) is 19.7 Å². The normalized spacial score (nSPS) is 14.0. The number of aliphatic hydroxyl groups is 1. The van der Waals surface area contributed by atoms with Crippen LogP contribution in [0.25, 0.3) is 0 Å². The highest BCUT2D eigenvalue weighted by molar-refractivity contribution is 14.0. The van der Waals surface area contributed by atoms with E-state index in [9.17, 15) is 9.90 Å². The molecule has 4 N–H and O–H groups in total. The number of hydrazone groups is 1. The fourth-order valence-electron chi connectivity index (χ4n) is 1.87. The summed E-state index contributed by atoms with van der Waals surface area (Å²) in [6.45, 7) is 1.31. The number of aliphatic hydroxyl groups excluding tert-OH is 1. The summed E-state index contributed by atoms with van der Waals surface area (Å²) in [5, 5.41) is 25.5. The van der Waals surface area contributed by atoms with Gasteiger partial charge >= 0.3 is 5.97 Å². The van der Waals surface area contributed by atoms with Crippen LogP contribution in [0.4, 0.5) is 0 Å². The van der Waals surface area contributed by atoms with Crippen molar-refractivity contribution in [3.05, 3.63) is 35.4 Å². The summed E-state index contributed by atoms with van der Waals surface area (Å²) < 4.78 is 0. The number of benzene rings is 1. The second-order valence-corrected chi connectivity index (χ2v) is 4.15. The SMILES string of the molecule is I.O=C(O)c1ccccc1C(CCO)=NNC1=NCCN1. The maximum absolute atomic E-state index is 11.2. The zero-order valence-electron chi connectivity index (χ0n) is 11.2. The number of nitrogens with zero attached hydrogens (tertiary/aromatic N) is 2. The van der Waals surface area contributed by atoms with Crippen LogP contribution in [-0.4, -0.2) is 47.5 Å². The van der Waals surface area contributed by atoms with E-state index in [2.05, 4.69) is 20.8 Å². The van der Waals surface area contributed by atoms with E-state index >= 15 is 0 Å². The van der Waals surface area contributed by atoms with Crippen LogP contribution in [0.1, 0.15) is 22.3 Å². The molecule has 2 rings (SSSR count). The molecule has 1 heterocycles. The molecule has 0 radical (unpaired) electrons. The average Bonchev–Trinajstić information content (AvgIpc) is 2.96. The van der Waals surface area contributed by atoms with Crippen molar-refractivity contribution in [3.8, 4) is 0 Å². The Morgan fingerprint density at radius 3 is 2.67 bits per heavy atom. The maximum atomic E-state index is 11.2. The molecule has 114 valence electrons. The van der Waals surface area contributed by atoms with E-state index < -0.39 is 5.97 Å². The predicted octanol–water partition coefficient (Wildman–Crippen LogP) is 0.638. The fourth-order valence-corrected chi connectivity index (χ4v) is 1.87. The number of carbonyl (C=O) groups is 1. The molecule has 0 fully saturated rings. The van der Waals surface area contributed by atoms with Crippen molar-refractivity contribution in [2.45, 2.75) is 6.42 Å². The first-order chi connectivity index (χ1) is 9.72. The predicted molar refractivity (Wildman–Crippen MR) is 90.5 cm³/mol. The number of hydrogen-bond acceptors (Lipinski definition) is 6. The second kappa shape index (κ2) is 8.57. The highest BCUT2D eigenvalue weighted by Gasteiger charge is 2.14. The Morgan fingerprint density at radius 1 is 1.38 bits per heavy atom. The lowest BCUT2D eigenvalue weighted by atomic mass is 10.0. The van der Waals surface area contributed by atoms with Crippen molar-refractivity contribution in [1.29, 1.82) is 0 Å². The van der Waals surface area contributed by atoms with Crippen molar-refractivity contribution < 1.29 is 15.0 Å². The number of rotatable bonds is 5. The van der Waals surface area contributed by atoms with Gasteiger partial charge in [0.05, 0.1) is 17.8 Å². The van der Waals surface area contributed by atoms with Gasteiger partial charge in [0.2, 0.25) is 5.96 Å². The minimum absolute atomic E-state index is 0. The molecule has 0 unspecified atom stereocenters. The Kier molecular flexibility index (Phi) is 7.09. The lowest BCUT2D eigenvalue weighted by molar-refractivity contribution is 0.0696. The highest BCUT2D eigenvalue weighted by atomic mass is 127. The van der Waals surface area contributed by atoms with E-state index in [0.29, 0.717) is 23.8 Å². The van der Waals surface area contributed by atoms with Gasteiger partial charge in [-0.05, 0) is 6.07 Å². The monoisotopic (exact) mass is 404 g/mol. The topological polar surface area (TPSA) is 106 Å². The van der Waals surface area contributed by atoms with Gasteiger partial charge in [0.25, 0.3) is 0 Å². The average molecular weight is 404 g/mol. The molecule has 0 aliphatic carbocycles. The molecular formula is C13H17IN4O3. The van der Waals surface area contributed by atoms with Gasteiger partial charge in [0.15, 0.2) is 0 Å².